The summed E-state index contributed by atoms with van der Waals surface area (Å²) in [6.45, 7) is 2.43. The zero-order chi connectivity index (χ0) is 19.1. The first kappa shape index (κ1) is 19.1. The number of halogens is 1. The maximum absolute atomic E-state index is 13.5. The van der Waals surface area contributed by atoms with Crippen molar-refractivity contribution in [2.45, 2.75) is 19.8 Å². The average Bonchev–Trinajstić information content (AvgIpc) is 2.61. The van der Waals surface area contributed by atoms with Gasteiger partial charge < -0.3 is 15.8 Å². The van der Waals surface area contributed by atoms with Crippen LogP contribution in [0.1, 0.15) is 25.3 Å². The van der Waals surface area contributed by atoms with Crippen LogP contribution in [0.5, 0.6) is 5.88 Å². The highest BCUT2D eigenvalue weighted by Crippen LogP contribution is 2.28. The van der Waals surface area contributed by atoms with Gasteiger partial charge in [0, 0.05) is 18.2 Å². The normalized spacial score (nSPS) is 11.3. The summed E-state index contributed by atoms with van der Waals surface area (Å²) in [5, 5.41) is 13.8. The molecular weight excluding hydrogens is 341 g/mol. The second kappa shape index (κ2) is 8.75. The Labute approximate surface area is 150 Å². The summed E-state index contributed by atoms with van der Waals surface area (Å²) in [5.74, 6) is 0.269. The number of hydrogen-bond donors (Lipinski definition) is 2. The van der Waals surface area contributed by atoms with Crippen LogP contribution in [0.3, 0.4) is 0 Å². The number of anilines is 2. The lowest BCUT2D eigenvalue weighted by molar-refractivity contribution is -0.384. The Morgan fingerprint density at radius 3 is 2.88 bits per heavy atom. The number of allylic oxidation sites excluding steroid dienone is 2. The summed E-state index contributed by atoms with van der Waals surface area (Å²) in [5.41, 5.74) is 6.86. The molecule has 0 aliphatic heterocycles. The highest BCUT2D eigenvalue weighted by Gasteiger charge is 2.13. The largest absolute Gasteiger partial charge is 0.481 e. The number of ether oxygens (including phenoxy) is 1. The number of hydrogen-bond acceptors (Lipinski definition) is 7. The van der Waals surface area contributed by atoms with Gasteiger partial charge in [0.2, 0.25) is 11.7 Å². The van der Waals surface area contributed by atoms with E-state index in [1.165, 1.54) is 25.3 Å². The number of nitrogens with one attached hydrogen (secondary N) is 1. The van der Waals surface area contributed by atoms with Gasteiger partial charge in [0.1, 0.15) is 11.6 Å². The number of nitrogen functional groups attached to an aromatic ring is 1. The summed E-state index contributed by atoms with van der Waals surface area (Å²) in [6.07, 6.45) is 4.38. The predicted octanol–water partition coefficient (Wildman–Crippen LogP) is 3.41. The average molecular weight is 361 g/mol. The summed E-state index contributed by atoms with van der Waals surface area (Å²) in [7, 11) is 1.49. The van der Waals surface area contributed by atoms with Gasteiger partial charge in [-0.3, -0.25) is 10.1 Å². The second-order valence-corrected chi connectivity index (χ2v) is 5.41. The first-order valence-electron chi connectivity index (χ1n) is 7.96. The standard InChI is InChI=1S/C17H20FN5O3/c1-3-11(13-9-12(18)10-21-17(13)26-2)5-4-8-20-15-7-6-14(23(24)25)16(19)22-15/h3,6-7,9-10H,4-5,8H2,1-2H3,(H3,19,20,22)/b11-3-. The molecule has 9 heteroatoms. The lowest BCUT2D eigenvalue weighted by Crippen LogP contribution is -2.06. The van der Waals surface area contributed by atoms with Crippen molar-refractivity contribution < 1.29 is 14.1 Å². The highest BCUT2D eigenvalue weighted by molar-refractivity contribution is 5.69. The third-order valence-corrected chi connectivity index (χ3v) is 3.73. The molecule has 2 heterocycles. The van der Waals surface area contributed by atoms with Crippen LogP contribution in [0.25, 0.3) is 5.57 Å². The zero-order valence-corrected chi connectivity index (χ0v) is 14.5. The Morgan fingerprint density at radius 1 is 1.50 bits per heavy atom. The lowest BCUT2D eigenvalue weighted by Gasteiger charge is -2.12. The Hall–Kier alpha value is -3.23. The topological polar surface area (TPSA) is 116 Å². The van der Waals surface area contributed by atoms with Gasteiger partial charge in [-0.1, -0.05) is 6.08 Å². The summed E-state index contributed by atoms with van der Waals surface area (Å²) < 4.78 is 18.7. The molecule has 0 aliphatic carbocycles. The minimum absolute atomic E-state index is 0.135. The lowest BCUT2D eigenvalue weighted by atomic mass is 10.0. The first-order valence-corrected chi connectivity index (χ1v) is 7.96. The number of nitrogens with zero attached hydrogens (tertiary/aromatic N) is 3. The molecule has 0 amide bonds. The second-order valence-electron chi connectivity index (χ2n) is 5.41. The van der Waals surface area contributed by atoms with Crippen LogP contribution in [0.15, 0.2) is 30.5 Å². The van der Waals surface area contributed by atoms with E-state index >= 15 is 0 Å². The monoisotopic (exact) mass is 361 g/mol. The fourth-order valence-corrected chi connectivity index (χ4v) is 2.47. The molecular formula is C17H20FN5O3. The maximum atomic E-state index is 13.5. The van der Waals surface area contributed by atoms with E-state index in [9.17, 15) is 14.5 Å². The van der Waals surface area contributed by atoms with E-state index in [0.29, 0.717) is 30.2 Å². The van der Waals surface area contributed by atoms with Crippen molar-refractivity contribution in [3.63, 3.8) is 0 Å². The van der Waals surface area contributed by atoms with E-state index < -0.39 is 10.7 Å². The molecule has 0 unspecified atom stereocenters. The third-order valence-electron chi connectivity index (χ3n) is 3.73. The Bertz CT molecular complexity index is 826. The van der Waals surface area contributed by atoms with Crippen LogP contribution in [-0.4, -0.2) is 28.5 Å². The molecule has 3 N–H and O–H groups in total. The minimum atomic E-state index is -0.579. The van der Waals surface area contributed by atoms with Gasteiger partial charge in [0.15, 0.2) is 0 Å². The molecule has 0 atom stereocenters. The molecule has 2 aromatic rings. The Morgan fingerprint density at radius 2 is 2.27 bits per heavy atom. The SMILES string of the molecule is C/C=C(/CCCNc1ccc([N+](=O)[O-])c(N)n1)c1cc(F)cnc1OC. The fraction of sp³-hybridized carbons (Fsp3) is 0.294. The number of pyridine rings is 2. The van der Waals surface area contributed by atoms with Crippen LogP contribution >= 0.6 is 0 Å². The molecule has 2 rings (SSSR count). The zero-order valence-electron chi connectivity index (χ0n) is 14.5. The van der Waals surface area contributed by atoms with E-state index in [-0.39, 0.29) is 11.5 Å². The summed E-state index contributed by atoms with van der Waals surface area (Å²) >= 11 is 0. The van der Waals surface area contributed by atoms with Gasteiger partial charge in [-0.2, -0.15) is 0 Å². The van der Waals surface area contributed by atoms with Crippen molar-refractivity contribution in [2.24, 2.45) is 0 Å². The third kappa shape index (κ3) is 4.65. The predicted molar refractivity (Wildman–Crippen MR) is 97.4 cm³/mol. The van der Waals surface area contributed by atoms with Crippen LogP contribution in [-0.2, 0) is 0 Å². The molecule has 0 bridgehead atoms. The molecule has 0 spiro atoms. The van der Waals surface area contributed by atoms with Crippen molar-refractivity contribution in [1.29, 1.82) is 0 Å². The van der Waals surface area contributed by atoms with Gasteiger partial charge in [-0.05, 0) is 37.5 Å². The molecule has 8 nitrogen and oxygen atoms in total. The minimum Gasteiger partial charge on any atom is -0.481 e. The summed E-state index contributed by atoms with van der Waals surface area (Å²) in [4.78, 5) is 18.1. The van der Waals surface area contributed by atoms with E-state index in [1.807, 2.05) is 13.0 Å². The van der Waals surface area contributed by atoms with E-state index in [4.69, 9.17) is 10.5 Å². The van der Waals surface area contributed by atoms with E-state index in [0.717, 1.165) is 18.2 Å². The van der Waals surface area contributed by atoms with Crippen molar-refractivity contribution in [2.75, 3.05) is 24.7 Å². The van der Waals surface area contributed by atoms with Crippen molar-refractivity contribution in [1.82, 2.24) is 9.97 Å². The fourth-order valence-electron chi connectivity index (χ4n) is 2.47. The van der Waals surface area contributed by atoms with E-state index in [1.54, 1.807) is 0 Å². The summed E-state index contributed by atoms with van der Waals surface area (Å²) in [6, 6.07) is 4.21. The quantitative estimate of drug-likeness (QED) is 0.420. The van der Waals surface area contributed by atoms with Crippen LogP contribution in [0.2, 0.25) is 0 Å². The van der Waals surface area contributed by atoms with Crippen LogP contribution in [0.4, 0.5) is 21.7 Å². The van der Waals surface area contributed by atoms with Crippen LogP contribution in [0, 0.1) is 15.9 Å². The molecule has 26 heavy (non-hydrogen) atoms. The Balaban J connectivity index is 1.96. The highest BCUT2D eigenvalue weighted by atomic mass is 19.1. The molecule has 0 radical (unpaired) electrons. The first-order chi connectivity index (χ1) is 12.5. The maximum Gasteiger partial charge on any atom is 0.311 e. The van der Waals surface area contributed by atoms with Gasteiger partial charge in [-0.15, -0.1) is 0 Å². The van der Waals surface area contributed by atoms with Crippen molar-refractivity contribution in [3.8, 4) is 5.88 Å². The molecule has 0 aliphatic rings. The molecule has 0 saturated heterocycles. The van der Waals surface area contributed by atoms with Crippen molar-refractivity contribution in [3.05, 3.63) is 52.0 Å². The number of nitro groups is 1. The Kier molecular flexibility index (Phi) is 6.42. The van der Waals surface area contributed by atoms with E-state index in [2.05, 4.69) is 15.3 Å². The number of aromatic nitrogens is 2. The van der Waals surface area contributed by atoms with Crippen LogP contribution < -0.4 is 15.8 Å². The molecule has 0 saturated carbocycles. The number of nitrogens with two attached hydrogens (primary N) is 1. The smallest absolute Gasteiger partial charge is 0.311 e. The van der Waals surface area contributed by atoms with Gasteiger partial charge in [0.25, 0.3) is 0 Å². The van der Waals surface area contributed by atoms with Gasteiger partial charge >= 0.3 is 5.69 Å². The molecule has 0 fully saturated rings. The molecule has 138 valence electrons. The van der Waals surface area contributed by atoms with Gasteiger partial charge in [0.05, 0.1) is 18.2 Å². The molecule has 2 aromatic heterocycles. The van der Waals surface area contributed by atoms with Gasteiger partial charge in [-0.25, -0.2) is 14.4 Å². The molecule has 0 aromatic carbocycles. The number of methoxy groups -OCH3 is 1. The number of rotatable bonds is 8. The van der Waals surface area contributed by atoms with Crippen molar-refractivity contribution >= 4 is 22.9 Å².